The van der Waals surface area contributed by atoms with Crippen LogP contribution >= 0.6 is 15.9 Å². The largest absolute Gasteiger partial charge is 0.495 e. The molecular weight excluding hydrogens is 363 g/mol. The highest BCUT2D eigenvalue weighted by Crippen LogP contribution is 2.33. The minimum atomic E-state index is -3.91. The van der Waals surface area contributed by atoms with E-state index >= 15 is 0 Å². The van der Waals surface area contributed by atoms with Crippen molar-refractivity contribution >= 4 is 37.3 Å². The number of benzene rings is 2. The summed E-state index contributed by atoms with van der Waals surface area (Å²) in [7, 11) is -2.55. The second kappa shape index (κ2) is 5.90. The molecule has 0 saturated heterocycles. The van der Waals surface area contributed by atoms with Crippen molar-refractivity contribution in [1.29, 1.82) is 0 Å². The lowest BCUT2D eigenvalue weighted by atomic mass is 10.3. The fraction of sp³-hybridized carbons (Fsp3) is 0.0769. The van der Waals surface area contributed by atoms with Crippen LogP contribution < -0.4 is 15.2 Å². The highest BCUT2D eigenvalue weighted by atomic mass is 79.9. The second-order valence-corrected chi connectivity index (χ2v) is 6.64. The van der Waals surface area contributed by atoms with Gasteiger partial charge in [0.05, 0.1) is 7.11 Å². The van der Waals surface area contributed by atoms with Crippen LogP contribution in [0.25, 0.3) is 0 Å². The molecule has 5 nitrogen and oxygen atoms in total. The topological polar surface area (TPSA) is 81.4 Å². The molecule has 0 unspecified atom stereocenters. The smallest absolute Gasteiger partial charge is 0.265 e. The summed E-state index contributed by atoms with van der Waals surface area (Å²) in [5.41, 5.74) is 6.21. The molecule has 2 rings (SSSR count). The summed E-state index contributed by atoms with van der Waals surface area (Å²) in [5.74, 6) is -0.311. The van der Waals surface area contributed by atoms with Crippen LogP contribution in [0.2, 0.25) is 0 Å². The molecule has 2 aromatic rings. The fourth-order valence-corrected chi connectivity index (χ4v) is 3.22. The minimum Gasteiger partial charge on any atom is -0.495 e. The summed E-state index contributed by atoms with van der Waals surface area (Å²) in [5, 5.41) is 0. The van der Waals surface area contributed by atoms with Gasteiger partial charge in [-0.1, -0.05) is 0 Å². The number of nitrogens with one attached hydrogen (secondary N) is 1. The number of methoxy groups -OCH3 is 1. The van der Waals surface area contributed by atoms with Gasteiger partial charge in [-0.05, 0) is 52.3 Å². The molecule has 21 heavy (non-hydrogen) atoms. The van der Waals surface area contributed by atoms with Crippen LogP contribution in [0, 0.1) is 5.82 Å². The maximum Gasteiger partial charge on any atom is 0.265 e. The molecule has 0 fully saturated rings. The Hall–Kier alpha value is -1.80. The van der Waals surface area contributed by atoms with E-state index in [9.17, 15) is 12.8 Å². The van der Waals surface area contributed by atoms with Crippen molar-refractivity contribution in [3.05, 3.63) is 46.7 Å². The number of rotatable bonds is 4. The van der Waals surface area contributed by atoms with Gasteiger partial charge in [-0.25, -0.2) is 12.8 Å². The highest BCUT2D eigenvalue weighted by molar-refractivity contribution is 9.10. The van der Waals surface area contributed by atoms with Gasteiger partial charge in [0.1, 0.15) is 16.5 Å². The SMILES string of the molecule is COc1cc(Br)c(N)cc1S(=O)(=O)Nc1ccc(F)cc1. The van der Waals surface area contributed by atoms with E-state index in [0.717, 1.165) is 12.1 Å². The van der Waals surface area contributed by atoms with Crippen LogP contribution in [0.4, 0.5) is 15.8 Å². The van der Waals surface area contributed by atoms with E-state index in [1.165, 1.54) is 31.4 Å². The second-order valence-electron chi connectivity index (χ2n) is 4.14. The number of anilines is 2. The van der Waals surface area contributed by atoms with Crippen molar-refractivity contribution in [3.8, 4) is 5.75 Å². The molecule has 2 aromatic carbocycles. The summed E-state index contributed by atoms with van der Waals surface area (Å²) < 4.78 is 45.5. The zero-order valence-electron chi connectivity index (χ0n) is 10.9. The Bertz CT molecular complexity index is 764. The lowest BCUT2D eigenvalue weighted by molar-refractivity contribution is 0.402. The van der Waals surface area contributed by atoms with Crippen LogP contribution in [-0.4, -0.2) is 15.5 Å². The Morgan fingerprint density at radius 2 is 1.86 bits per heavy atom. The van der Waals surface area contributed by atoms with Gasteiger partial charge in [0.25, 0.3) is 10.0 Å². The highest BCUT2D eigenvalue weighted by Gasteiger charge is 2.21. The molecule has 0 radical (unpaired) electrons. The quantitative estimate of drug-likeness (QED) is 0.806. The van der Waals surface area contributed by atoms with Gasteiger partial charge < -0.3 is 10.5 Å². The van der Waals surface area contributed by atoms with Gasteiger partial charge in [-0.2, -0.15) is 0 Å². The molecule has 0 bridgehead atoms. The Morgan fingerprint density at radius 1 is 1.24 bits per heavy atom. The van der Waals surface area contributed by atoms with Crippen LogP contribution in [0.15, 0.2) is 45.8 Å². The molecule has 8 heteroatoms. The fourth-order valence-electron chi connectivity index (χ4n) is 1.65. The Morgan fingerprint density at radius 3 is 2.43 bits per heavy atom. The average Bonchev–Trinajstić information content (AvgIpc) is 2.43. The number of halogens is 2. The zero-order chi connectivity index (χ0) is 15.6. The van der Waals surface area contributed by atoms with Crippen LogP contribution in [0.1, 0.15) is 0 Å². The van der Waals surface area contributed by atoms with Gasteiger partial charge in [-0.15, -0.1) is 0 Å². The molecule has 0 amide bonds. The lowest BCUT2D eigenvalue weighted by Crippen LogP contribution is -2.14. The van der Waals surface area contributed by atoms with Gasteiger partial charge in [0, 0.05) is 15.8 Å². The van der Waals surface area contributed by atoms with Crippen LogP contribution in [0.3, 0.4) is 0 Å². The maximum atomic E-state index is 12.8. The molecule has 0 atom stereocenters. The third-order valence-electron chi connectivity index (χ3n) is 2.67. The van der Waals surface area contributed by atoms with E-state index in [4.69, 9.17) is 10.5 Å². The monoisotopic (exact) mass is 374 g/mol. The average molecular weight is 375 g/mol. The molecule has 0 aromatic heterocycles. The van der Waals surface area contributed by atoms with Gasteiger partial charge in [0.15, 0.2) is 0 Å². The molecule has 112 valence electrons. The first-order valence-electron chi connectivity index (χ1n) is 5.75. The maximum absolute atomic E-state index is 12.8. The molecule has 0 spiro atoms. The zero-order valence-corrected chi connectivity index (χ0v) is 13.3. The van der Waals surface area contributed by atoms with Crippen LogP contribution in [0.5, 0.6) is 5.75 Å². The molecule has 0 heterocycles. The summed E-state index contributed by atoms with van der Waals surface area (Å²) in [6.45, 7) is 0. The Kier molecular flexibility index (Phi) is 4.38. The van der Waals surface area contributed by atoms with Crippen molar-refractivity contribution in [2.45, 2.75) is 4.90 Å². The number of hydrogen-bond acceptors (Lipinski definition) is 4. The van der Waals surface area contributed by atoms with Crippen molar-refractivity contribution in [1.82, 2.24) is 0 Å². The number of nitrogen functional groups attached to an aromatic ring is 1. The molecule has 0 saturated carbocycles. The van der Waals surface area contributed by atoms with E-state index in [1.54, 1.807) is 0 Å². The first kappa shape index (κ1) is 15.6. The number of hydrogen-bond donors (Lipinski definition) is 2. The first-order chi connectivity index (χ1) is 9.83. The molecule has 0 aliphatic carbocycles. The third kappa shape index (κ3) is 3.45. The standard InChI is InChI=1S/C13H12BrFN2O3S/c1-20-12-6-10(14)11(16)7-13(12)21(18,19)17-9-4-2-8(15)3-5-9/h2-7,17H,16H2,1H3. The van der Waals surface area contributed by atoms with E-state index in [-0.39, 0.29) is 22.0 Å². The van der Waals surface area contributed by atoms with Gasteiger partial charge in [-0.3, -0.25) is 4.72 Å². The van der Waals surface area contributed by atoms with Crippen molar-refractivity contribution in [3.63, 3.8) is 0 Å². The number of nitrogens with two attached hydrogens (primary N) is 1. The van der Waals surface area contributed by atoms with E-state index < -0.39 is 15.8 Å². The normalized spacial score (nSPS) is 11.2. The Balaban J connectivity index is 2.44. The Labute approximate surface area is 130 Å². The summed E-state index contributed by atoms with van der Waals surface area (Å²) >= 11 is 3.20. The van der Waals surface area contributed by atoms with E-state index in [2.05, 4.69) is 20.7 Å². The van der Waals surface area contributed by atoms with Crippen LogP contribution in [-0.2, 0) is 10.0 Å². The minimum absolute atomic E-state index is 0.102. The van der Waals surface area contributed by atoms with Crippen molar-refractivity contribution in [2.75, 3.05) is 17.6 Å². The number of sulfonamides is 1. The van der Waals surface area contributed by atoms with E-state index in [0.29, 0.717) is 4.47 Å². The first-order valence-corrected chi connectivity index (χ1v) is 8.02. The predicted octanol–water partition coefficient (Wildman–Crippen LogP) is 2.98. The summed E-state index contributed by atoms with van der Waals surface area (Å²) in [6, 6.07) is 7.71. The van der Waals surface area contributed by atoms with Gasteiger partial charge >= 0.3 is 0 Å². The van der Waals surface area contributed by atoms with Gasteiger partial charge in [0.2, 0.25) is 0 Å². The molecular formula is C13H12BrFN2O3S. The predicted molar refractivity (Wildman–Crippen MR) is 82.3 cm³/mol. The summed E-state index contributed by atoms with van der Waals surface area (Å²) in [6.07, 6.45) is 0. The molecule has 3 N–H and O–H groups in total. The van der Waals surface area contributed by atoms with E-state index in [1.807, 2.05) is 0 Å². The van der Waals surface area contributed by atoms with Crippen molar-refractivity contribution in [2.24, 2.45) is 0 Å². The molecule has 0 aliphatic rings. The number of ether oxygens (including phenoxy) is 1. The van der Waals surface area contributed by atoms with Crippen molar-refractivity contribution < 1.29 is 17.5 Å². The third-order valence-corrected chi connectivity index (χ3v) is 4.76. The lowest BCUT2D eigenvalue weighted by Gasteiger charge is -2.13. The summed E-state index contributed by atoms with van der Waals surface area (Å²) in [4.78, 5) is -0.102. The molecule has 0 aliphatic heterocycles.